The van der Waals surface area contributed by atoms with E-state index in [-0.39, 0.29) is 12.0 Å². The first-order chi connectivity index (χ1) is 10.7. The lowest BCUT2D eigenvalue weighted by Gasteiger charge is -2.34. The van der Waals surface area contributed by atoms with Crippen molar-refractivity contribution in [1.29, 1.82) is 0 Å². The Labute approximate surface area is 140 Å². The highest BCUT2D eigenvalue weighted by molar-refractivity contribution is 9.10. The van der Waals surface area contributed by atoms with E-state index in [1.807, 2.05) is 17.0 Å². The van der Waals surface area contributed by atoms with Gasteiger partial charge >= 0.3 is 0 Å². The zero-order valence-electron chi connectivity index (χ0n) is 13.0. The van der Waals surface area contributed by atoms with Crippen molar-refractivity contribution in [1.82, 2.24) is 9.80 Å². The van der Waals surface area contributed by atoms with E-state index < -0.39 is 0 Å². The molecule has 3 rings (SSSR count). The van der Waals surface area contributed by atoms with E-state index in [0.717, 1.165) is 24.1 Å². The predicted molar refractivity (Wildman–Crippen MR) is 89.7 cm³/mol. The van der Waals surface area contributed by atoms with E-state index in [4.69, 9.17) is 4.74 Å². The van der Waals surface area contributed by atoms with Crippen molar-refractivity contribution in [3.63, 3.8) is 0 Å². The van der Waals surface area contributed by atoms with Crippen LogP contribution in [-0.2, 0) is 9.53 Å². The van der Waals surface area contributed by atoms with Gasteiger partial charge in [0.25, 0.3) is 0 Å². The van der Waals surface area contributed by atoms with E-state index in [9.17, 15) is 4.79 Å². The Bertz CT molecular complexity index is 516. The molecule has 0 N–H and O–H groups in total. The lowest BCUT2D eigenvalue weighted by molar-refractivity contribution is -0.134. The van der Waals surface area contributed by atoms with Crippen LogP contribution in [0.4, 0.5) is 0 Å². The van der Waals surface area contributed by atoms with Gasteiger partial charge in [-0.2, -0.15) is 0 Å². The number of morpholine rings is 1. The summed E-state index contributed by atoms with van der Waals surface area (Å²) in [7, 11) is 0. The number of amides is 1. The van der Waals surface area contributed by atoms with Crippen LogP contribution in [-0.4, -0.2) is 54.5 Å². The smallest absolute Gasteiger partial charge is 0.236 e. The molecule has 1 aliphatic heterocycles. The van der Waals surface area contributed by atoms with Gasteiger partial charge in [0, 0.05) is 30.1 Å². The molecule has 1 amide bonds. The van der Waals surface area contributed by atoms with Crippen molar-refractivity contribution in [3.8, 4) is 0 Å². The highest BCUT2D eigenvalue weighted by Crippen LogP contribution is 2.27. The number of carbonyl (C=O) groups excluding carboxylic acids is 1. The predicted octanol–water partition coefficient (Wildman–Crippen LogP) is 2.83. The van der Waals surface area contributed by atoms with Crippen molar-refractivity contribution in [2.24, 2.45) is 0 Å². The zero-order valence-corrected chi connectivity index (χ0v) is 14.6. The minimum absolute atomic E-state index is 0.0608. The van der Waals surface area contributed by atoms with E-state index >= 15 is 0 Å². The second-order valence-electron chi connectivity index (χ2n) is 6.06. The fraction of sp³-hybridized carbons (Fsp3) is 0.588. The van der Waals surface area contributed by atoms with Crippen molar-refractivity contribution in [3.05, 3.63) is 34.3 Å². The van der Waals surface area contributed by atoms with Crippen LogP contribution in [0.3, 0.4) is 0 Å². The summed E-state index contributed by atoms with van der Waals surface area (Å²) in [6.07, 6.45) is 2.40. The van der Waals surface area contributed by atoms with Crippen LogP contribution in [0, 0.1) is 0 Å². The third kappa shape index (κ3) is 3.89. The second-order valence-corrected chi connectivity index (χ2v) is 6.97. The molecular weight excluding hydrogens is 344 g/mol. The second kappa shape index (κ2) is 7.11. The van der Waals surface area contributed by atoms with Crippen molar-refractivity contribution >= 4 is 21.8 Å². The molecule has 2 fully saturated rings. The lowest BCUT2D eigenvalue weighted by Crippen LogP contribution is -2.46. The first kappa shape index (κ1) is 16.0. The molecule has 1 aliphatic carbocycles. The van der Waals surface area contributed by atoms with Crippen LogP contribution in [0.25, 0.3) is 0 Å². The molecule has 1 unspecified atom stereocenters. The van der Waals surface area contributed by atoms with Gasteiger partial charge in [0.2, 0.25) is 5.91 Å². The molecule has 0 bridgehead atoms. The van der Waals surface area contributed by atoms with Gasteiger partial charge < -0.3 is 9.64 Å². The summed E-state index contributed by atoms with van der Waals surface area (Å²) in [5.74, 6) is 0.265. The molecule has 1 saturated heterocycles. The van der Waals surface area contributed by atoms with Crippen LogP contribution >= 0.6 is 15.9 Å². The Morgan fingerprint density at radius 1 is 1.36 bits per heavy atom. The van der Waals surface area contributed by atoms with Gasteiger partial charge in [-0.15, -0.1) is 0 Å². The maximum absolute atomic E-state index is 12.4. The lowest BCUT2D eigenvalue weighted by atomic mass is 10.1. The molecule has 5 heteroatoms. The molecule has 1 aromatic rings. The quantitative estimate of drug-likeness (QED) is 0.803. The van der Waals surface area contributed by atoms with Crippen LogP contribution in [0.5, 0.6) is 0 Å². The largest absolute Gasteiger partial charge is 0.371 e. The van der Waals surface area contributed by atoms with E-state index in [1.54, 1.807) is 0 Å². The Balaban J connectivity index is 1.58. The van der Waals surface area contributed by atoms with Crippen LogP contribution in [0.1, 0.15) is 31.4 Å². The summed E-state index contributed by atoms with van der Waals surface area (Å²) in [6, 6.07) is 8.75. The summed E-state index contributed by atoms with van der Waals surface area (Å²) in [5.41, 5.74) is 1.18. The number of halogens is 1. The van der Waals surface area contributed by atoms with E-state index in [2.05, 4.69) is 39.9 Å². The fourth-order valence-corrected chi connectivity index (χ4v) is 3.30. The van der Waals surface area contributed by atoms with E-state index in [1.165, 1.54) is 18.4 Å². The topological polar surface area (TPSA) is 32.8 Å². The first-order valence-corrected chi connectivity index (χ1v) is 8.85. The molecule has 2 aliphatic rings. The molecule has 1 aromatic carbocycles. The average Bonchev–Trinajstić information content (AvgIpc) is 3.34. The van der Waals surface area contributed by atoms with Crippen molar-refractivity contribution in [2.75, 3.05) is 32.8 Å². The number of hydrogen-bond donors (Lipinski definition) is 0. The number of benzene rings is 1. The van der Waals surface area contributed by atoms with Crippen molar-refractivity contribution < 1.29 is 9.53 Å². The molecule has 0 aromatic heterocycles. The van der Waals surface area contributed by atoms with Gasteiger partial charge in [0.1, 0.15) is 0 Å². The van der Waals surface area contributed by atoms with E-state index in [0.29, 0.717) is 19.2 Å². The van der Waals surface area contributed by atoms with Crippen LogP contribution in [0.2, 0.25) is 0 Å². The third-order valence-corrected chi connectivity index (χ3v) is 4.93. The van der Waals surface area contributed by atoms with Crippen molar-refractivity contribution in [2.45, 2.75) is 31.9 Å². The van der Waals surface area contributed by atoms with Gasteiger partial charge in [0.15, 0.2) is 0 Å². The number of carbonyl (C=O) groups is 1. The van der Waals surface area contributed by atoms with Gasteiger partial charge in [-0.3, -0.25) is 9.69 Å². The fourth-order valence-electron chi connectivity index (χ4n) is 3.03. The summed E-state index contributed by atoms with van der Waals surface area (Å²) in [5, 5.41) is 0. The Morgan fingerprint density at radius 2 is 2.09 bits per heavy atom. The highest BCUT2D eigenvalue weighted by atomic mass is 79.9. The number of rotatable bonds is 5. The summed E-state index contributed by atoms with van der Waals surface area (Å²) < 4.78 is 6.95. The van der Waals surface area contributed by atoms with Gasteiger partial charge in [-0.05, 0) is 37.5 Å². The van der Waals surface area contributed by atoms with Gasteiger partial charge in [-0.1, -0.05) is 28.1 Å². The summed E-state index contributed by atoms with van der Waals surface area (Å²) in [4.78, 5) is 16.7. The Morgan fingerprint density at radius 3 is 2.73 bits per heavy atom. The molecule has 1 atom stereocenters. The standard InChI is InChI=1S/C17H23BrN2O2/c1-2-20(15-7-8-15)17(21)12-19-9-10-22-16(11-19)13-3-5-14(18)6-4-13/h3-6,15-16H,2,7-12H2,1H3. The summed E-state index contributed by atoms with van der Waals surface area (Å²) >= 11 is 3.46. The maximum atomic E-state index is 12.4. The van der Waals surface area contributed by atoms with Gasteiger partial charge in [0.05, 0.1) is 19.3 Å². The number of likely N-dealkylation sites (N-methyl/N-ethyl adjacent to an activating group) is 1. The molecular formula is C17H23BrN2O2. The minimum atomic E-state index is 0.0608. The average molecular weight is 367 g/mol. The zero-order chi connectivity index (χ0) is 15.5. The molecule has 1 saturated carbocycles. The van der Waals surface area contributed by atoms with Crippen LogP contribution < -0.4 is 0 Å². The van der Waals surface area contributed by atoms with Gasteiger partial charge in [-0.25, -0.2) is 0 Å². The highest BCUT2D eigenvalue weighted by Gasteiger charge is 2.32. The molecule has 120 valence electrons. The maximum Gasteiger partial charge on any atom is 0.236 e. The third-order valence-electron chi connectivity index (χ3n) is 4.40. The Hall–Kier alpha value is -0.910. The summed E-state index contributed by atoms with van der Waals surface area (Å²) in [6.45, 7) is 5.71. The number of hydrogen-bond acceptors (Lipinski definition) is 3. The minimum Gasteiger partial charge on any atom is -0.371 e. The number of nitrogens with zero attached hydrogens (tertiary/aromatic N) is 2. The molecule has 0 radical (unpaired) electrons. The first-order valence-electron chi connectivity index (χ1n) is 8.06. The molecule has 22 heavy (non-hydrogen) atoms. The SMILES string of the molecule is CCN(C(=O)CN1CCOC(c2ccc(Br)cc2)C1)C1CC1. The molecule has 1 heterocycles. The molecule has 0 spiro atoms. The molecule has 4 nitrogen and oxygen atoms in total. The normalized spacial score (nSPS) is 22.5. The monoisotopic (exact) mass is 366 g/mol. The Kier molecular flexibility index (Phi) is 5.16. The number of ether oxygens (including phenoxy) is 1. The van der Waals surface area contributed by atoms with Crippen LogP contribution in [0.15, 0.2) is 28.7 Å².